The maximum absolute atomic E-state index is 10.5. The summed E-state index contributed by atoms with van der Waals surface area (Å²) in [5.41, 5.74) is 1.08. The fourth-order valence-corrected chi connectivity index (χ4v) is 1.63. The van der Waals surface area contributed by atoms with E-state index in [-0.39, 0.29) is 17.9 Å². The third-order valence-electron chi connectivity index (χ3n) is 2.73. The van der Waals surface area contributed by atoms with E-state index in [9.17, 15) is 4.79 Å². The number of carbonyl (C=O) groups excluding carboxylic acids is 1. The summed E-state index contributed by atoms with van der Waals surface area (Å²) in [6, 6.07) is 0. The molecule has 1 N–H and O–H groups in total. The molecule has 1 atom stereocenters. The van der Waals surface area contributed by atoms with Crippen molar-refractivity contribution in [3.8, 4) is 0 Å². The fraction of sp³-hybridized carbons (Fsp3) is 0.700. The van der Waals surface area contributed by atoms with Crippen LogP contribution in [0.4, 0.5) is 0 Å². The highest BCUT2D eigenvalue weighted by Crippen LogP contribution is 2.37. The molecule has 68 valence electrons. The fourth-order valence-electron chi connectivity index (χ4n) is 1.63. The molecule has 0 aromatic heterocycles. The van der Waals surface area contributed by atoms with Gasteiger partial charge in [-0.2, -0.15) is 0 Å². The molecule has 2 nitrogen and oxygen atoms in total. The Hall–Kier alpha value is -0.630. The Kier molecular flexibility index (Phi) is 2.68. The van der Waals surface area contributed by atoms with Crippen molar-refractivity contribution in [1.82, 2.24) is 0 Å². The summed E-state index contributed by atoms with van der Waals surface area (Å²) < 4.78 is 0. The van der Waals surface area contributed by atoms with Gasteiger partial charge in [0.25, 0.3) is 0 Å². The highest BCUT2D eigenvalue weighted by molar-refractivity contribution is 5.57. The van der Waals surface area contributed by atoms with Crippen LogP contribution in [0, 0.1) is 11.3 Å². The summed E-state index contributed by atoms with van der Waals surface area (Å²) >= 11 is 0. The van der Waals surface area contributed by atoms with Crippen LogP contribution in [0.5, 0.6) is 0 Å². The average molecular weight is 168 g/mol. The maximum Gasteiger partial charge on any atom is 0.126 e. The lowest BCUT2D eigenvalue weighted by Gasteiger charge is -2.32. The highest BCUT2D eigenvalue weighted by Gasteiger charge is 2.28. The van der Waals surface area contributed by atoms with Crippen LogP contribution in [-0.2, 0) is 4.79 Å². The van der Waals surface area contributed by atoms with E-state index < -0.39 is 0 Å². The number of rotatable bonds is 2. The van der Waals surface area contributed by atoms with Crippen molar-refractivity contribution in [3.05, 3.63) is 11.6 Å². The summed E-state index contributed by atoms with van der Waals surface area (Å²) in [4.78, 5) is 10.5. The average Bonchev–Trinajstić information content (AvgIpc) is 2.04. The molecule has 0 saturated carbocycles. The normalized spacial score (nSPS) is 27.9. The molecule has 0 saturated heterocycles. The number of carbonyl (C=O) groups is 1. The molecule has 1 rings (SSSR count). The van der Waals surface area contributed by atoms with Crippen molar-refractivity contribution in [2.24, 2.45) is 11.3 Å². The van der Waals surface area contributed by atoms with Gasteiger partial charge < -0.3 is 9.90 Å². The van der Waals surface area contributed by atoms with Crippen LogP contribution in [0.15, 0.2) is 11.6 Å². The molecule has 0 heterocycles. The van der Waals surface area contributed by atoms with E-state index in [2.05, 4.69) is 13.8 Å². The van der Waals surface area contributed by atoms with E-state index in [1.54, 1.807) is 0 Å². The Morgan fingerprint density at radius 2 is 2.42 bits per heavy atom. The predicted molar refractivity (Wildman–Crippen MR) is 47.7 cm³/mol. The SMILES string of the molecule is CC1(C)CCC(C=O)C=C1CO. The van der Waals surface area contributed by atoms with Gasteiger partial charge in [0.2, 0.25) is 0 Å². The molecular weight excluding hydrogens is 152 g/mol. The molecule has 0 aromatic carbocycles. The molecule has 12 heavy (non-hydrogen) atoms. The molecule has 1 aliphatic rings. The van der Waals surface area contributed by atoms with Crippen molar-refractivity contribution in [1.29, 1.82) is 0 Å². The van der Waals surface area contributed by atoms with Crippen molar-refractivity contribution < 1.29 is 9.90 Å². The largest absolute Gasteiger partial charge is 0.392 e. The number of aliphatic hydroxyl groups excluding tert-OH is 1. The molecule has 0 aliphatic heterocycles. The summed E-state index contributed by atoms with van der Waals surface area (Å²) in [5, 5.41) is 9.06. The second-order valence-electron chi connectivity index (χ2n) is 4.07. The van der Waals surface area contributed by atoms with Crippen LogP contribution >= 0.6 is 0 Å². The summed E-state index contributed by atoms with van der Waals surface area (Å²) in [5.74, 6) is 0.0279. The summed E-state index contributed by atoms with van der Waals surface area (Å²) in [7, 11) is 0. The van der Waals surface area contributed by atoms with Crippen molar-refractivity contribution in [2.75, 3.05) is 6.61 Å². The zero-order chi connectivity index (χ0) is 9.19. The molecular formula is C10H16O2. The van der Waals surface area contributed by atoms with Crippen LogP contribution in [0.25, 0.3) is 0 Å². The van der Waals surface area contributed by atoms with Gasteiger partial charge in [0.1, 0.15) is 6.29 Å². The number of allylic oxidation sites excluding steroid dienone is 1. The monoisotopic (exact) mass is 168 g/mol. The van der Waals surface area contributed by atoms with Gasteiger partial charge in [-0.3, -0.25) is 0 Å². The first-order valence-electron chi connectivity index (χ1n) is 4.37. The minimum Gasteiger partial charge on any atom is -0.392 e. The lowest BCUT2D eigenvalue weighted by atomic mass is 9.73. The molecule has 0 radical (unpaired) electrons. The van der Waals surface area contributed by atoms with E-state index in [0.717, 1.165) is 24.7 Å². The van der Waals surface area contributed by atoms with Gasteiger partial charge in [-0.25, -0.2) is 0 Å². The second kappa shape index (κ2) is 3.40. The summed E-state index contributed by atoms with van der Waals surface area (Å²) in [6.45, 7) is 4.30. The maximum atomic E-state index is 10.5. The molecule has 0 fully saturated rings. The smallest absolute Gasteiger partial charge is 0.126 e. The first kappa shape index (κ1) is 9.46. The Labute approximate surface area is 73.3 Å². The van der Waals surface area contributed by atoms with E-state index in [0.29, 0.717) is 0 Å². The lowest BCUT2D eigenvalue weighted by Crippen LogP contribution is -2.24. The molecule has 1 aliphatic carbocycles. The van der Waals surface area contributed by atoms with Crippen LogP contribution in [0.3, 0.4) is 0 Å². The minimum absolute atomic E-state index is 0.0279. The highest BCUT2D eigenvalue weighted by atomic mass is 16.3. The van der Waals surface area contributed by atoms with Gasteiger partial charge in [-0.15, -0.1) is 0 Å². The number of aldehydes is 1. The first-order valence-corrected chi connectivity index (χ1v) is 4.37. The third-order valence-corrected chi connectivity index (χ3v) is 2.73. The van der Waals surface area contributed by atoms with Gasteiger partial charge in [0, 0.05) is 5.92 Å². The van der Waals surface area contributed by atoms with Gasteiger partial charge in [-0.1, -0.05) is 19.9 Å². The molecule has 1 unspecified atom stereocenters. The van der Waals surface area contributed by atoms with Gasteiger partial charge >= 0.3 is 0 Å². The standard InChI is InChI=1S/C10H16O2/c1-10(2)4-3-8(6-11)5-9(10)7-12/h5-6,8,12H,3-4,7H2,1-2H3. The van der Waals surface area contributed by atoms with Crippen molar-refractivity contribution >= 4 is 6.29 Å². The lowest BCUT2D eigenvalue weighted by molar-refractivity contribution is -0.110. The van der Waals surface area contributed by atoms with E-state index in [4.69, 9.17) is 5.11 Å². The predicted octanol–water partition coefficient (Wildman–Crippen LogP) is 1.54. The van der Waals surface area contributed by atoms with E-state index in [1.807, 2.05) is 6.08 Å². The third kappa shape index (κ3) is 1.75. The number of hydrogen-bond donors (Lipinski definition) is 1. The van der Waals surface area contributed by atoms with Gasteiger partial charge in [0.15, 0.2) is 0 Å². The second-order valence-corrected chi connectivity index (χ2v) is 4.07. The van der Waals surface area contributed by atoms with E-state index in [1.165, 1.54) is 0 Å². The molecule has 0 aromatic rings. The van der Waals surface area contributed by atoms with Crippen LogP contribution in [0.2, 0.25) is 0 Å². The Morgan fingerprint density at radius 3 is 2.92 bits per heavy atom. The molecule has 2 heteroatoms. The number of hydrogen-bond acceptors (Lipinski definition) is 2. The van der Waals surface area contributed by atoms with Crippen LogP contribution in [-0.4, -0.2) is 18.0 Å². The topological polar surface area (TPSA) is 37.3 Å². The Bertz CT molecular complexity index is 204. The van der Waals surface area contributed by atoms with Gasteiger partial charge in [-0.05, 0) is 23.8 Å². The zero-order valence-corrected chi connectivity index (χ0v) is 7.71. The summed E-state index contributed by atoms with van der Waals surface area (Å²) in [6.07, 6.45) is 4.78. The zero-order valence-electron chi connectivity index (χ0n) is 7.71. The van der Waals surface area contributed by atoms with Crippen LogP contribution in [0.1, 0.15) is 26.7 Å². The molecule has 0 amide bonds. The minimum atomic E-state index is 0.0279. The quantitative estimate of drug-likeness (QED) is 0.501. The van der Waals surface area contributed by atoms with E-state index >= 15 is 0 Å². The van der Waals surface area contributed by atoms with Crippen molar-refractivity contribution in [2.45, 2.75) is 26.7 Å². The number of aliphatic hydroxyl groups is 1. The van der Waals surface area contributed by atoms with Crippen LogP contribution < -0.4 is 0 Å². The van der Waals surface area contributed by atoms with Crippen molar-refractivity contribution in [3.63, 3.8) is 0 Å². The Balaban J connectivity index is 2.84. The molecule has 0 spiro atoms. The Morgan fingerprint density at radius 1 is 1.75 bits per heavy atom. The molecule has 0 bridgehead atoms. The first-order chi connectivity index (χ1) is 5.60. The van der Waals surface area contributed by atoms with Gasteiger partial charge in [0.05, 0.1) is 6.61 Å².